The van der Waals surface area contributed by atoms with Gasteiger partial charge in [-0.15, -0.1) is 0 Å². The highest BCUT2D eigenvalue weighted by molar-refractivity contribution is 5.92. The number of piperazine rings is 1. The first kappa shape index (κ1) is 17.8. The third kappa shape index (κ3) is 4.33. The van der Waals surface area contributed by atoms with E-state index < -0.39 is 0 Å². The Hall–Kier alpha value is -3.02. The molecule has 3 rings (SSSR count). The molecule has 2 aromatic carbocycles. The summed E-state index contributed by atoms with van der Waals surface area (Å²) >= 11 is 0. The van der Waals surface area contributed by atoms with Gasteiger partial charge in [0.15, 0.2) is 0 Å². The Morgan fingerprint density at radius 2 is 1.54 bits per heavy atom. The van der Waals surface area contributed by atoms with Crippen LogP contribution in [-0.2, 0) is 4.79 Å². The van der Waals surface area contributed by atoms with Crippen molar-refractivity contribution in [2.24, 2.45) is 0 Å². The smallest absolute Gasteiger partial charge is 0.321 e. The number of nitrogens with zero attached hydrogens (tertiary/aromatic N) is 2. The molecule has 1 fully saturated rings. The number of benzene rings is 2. The maximum absolute atomic E-state index is 12.5. The van der Waals surface area contributed by atoms with Crippen molar-refractivity contribution in [3.63, 3.8) is 0 Å². The quantitative estimate of drug-likeness (QED) is 0.891. The first-order chi connectivity index (χ1) is 12.5. The molecular weight excluding hydrogens is 328 g/mol. The molecule has 6 heteroatoms. The summed E-state index contributed by atoms with van der Waals surface area (Å²) in [7, 11) is 0. The minimum absolute atomic E-state index is 0.116. The van der Waals surface area contributed by atoms with Gasteiger partial charge in [0.05, 0.1) is 0 Å². The SMILES string of the molecule is CC(=O)Nc1cccc(NC(=O)N2CCN(c3ccccc3C)CC2)c1. The average molecular weight is 352 g/mol. The van der Waals surface area contributed by atoms with E-state index in [-0.39, 0.29) is 11.9 Å². The van der Waals surface area contributed by atoms with E-state index in [2.05, 4.69) is 34.6 Å². The van der Waals surface area contributed by atoms with Crippen LogP contribution in [0.1, 0.15) is 12.5 Å². The van der Waals surface area contributed by atoms with Gasteiger partial charge in [-0.2, -0.15) is 0 Å². The van der Waals surface area contributed by atoms with Crippen LogP contribution in [0.4, 0.5) is 21.9 Å². The maximum Gasteiger partial charge on any atom is 0.321 e. The van der Waals surface area contributed by atoms with Crippen molar-refractivity contribution in [3.05, 3.63) is 54.1 Å². The van der Waals surface area contributed by atoms with Crippen LogP contribution in [0.25, 0.3) is 0 Å². The molecule has 2 N–H and O–H groups in total. The summed E-state index contributed by atoms with van der Waals surface area (Å²) in [5.74, 6) is -0.138. The molecular formula is C20H24N4O2. The van der Waals surface area contributed by atoms with Gasteiger partial charge < -0.3 is 20.4 Å². The van der Waals surface area contributed by atoms with E-state index in [1.54, 1.807) is 18.2 Å². The molecule has 0 spiro atoms. The van der Waals surface area contributed by atoms with Crippen LogP contribution in [-0.4, -0.2) is 43.0 Å². The molecule has 1 aliphatic heterocycles. The number of para-hydroxylation sites is 1. The standard InChI is InChI=1S/C20H24N4O2/c1-15-6-3-4-9-19(15)23-10-12-24(13-11-23)20(26)22-18-8-5-7-17(14-18)21-16(2)25/h3-9,14H,10-13H2,1-2H3,(H,21,25)(H,22,26). The van der Waals surface area contributed by atoms with E-state index in [4.69, 9.17) is 0 Å². The van der Waals surface area contributed by atoms with Crippen LogP contribution in [0.2, 0.25) is 0 Å². The second-order valence-electron chi connectivity index (χ2n) is 6.45. The van der Waals surface area contributed by atoms with Crippen LogP contribution < -0.4 is 15.5 Å². The van der Waals surface area contributed by atoms with Gasteiger partial charge in [-0.05, 0) is 36.8 Å². The second-order valence-corrected chi connectivity index (χ2v) is 6.45. The first-order valence-corrected chi connectivity index (χ1v) is 8.77. The molecule has 3 amide bonds. The van der Waals surface area contributed by atoms with E-state index in [1.165, 1.54) is 18.2 Å². The van der Waals surface area contributed by atoms with Crippen LogP contribution >= 0.6 is 0 Å². The molecule has 0 saturated carbocycles. The molecule has 1 heterocycles. The van der Waals surface area contributed by atoms with E-state index in [0.717, 1.165) is 13.1 Å². The minimum Gasteiger partial charge on any atom is -0.368 e. The van der Waals surface area contributed by atoms with Gasteiger partial charge in [0.1, 0.15) is 0 Å². The summed E-state index contributed by atoms with van der Waals surface area (Å²) in [4.78, 5) is 27.8. The molecule has 0 radical (unpaired) electrons. The highest BCUT2D eigenvalue weighted by atomic mass is 16.2. The van der Waals surface area contributed by atoms with Crippen LogP contribution in [0, 0.1) is 6.92 Å². The largest absolute Gasteiger partial charge is 0.368 e. The third-order valence-corrected chi connectivity index (χ3v) is 4.46. The van der Waals surface area contributed by atoms with E-state index in [1.807, 2.05) is 23.1 Å². The molecule has 0 unspecified atom stereocenters. The number of hydrogen-bond acceptors (Lipinski definition) is 3. The number of carbonyl (C=O) groups excluding carboxylic acids is 2. The number of anilines is 3. The summed E-state index contributed by atoms with van der Waals surface area (Å²) in [6, 6.07) is 15.4. The lowest BCUT2D eigenvalue weighted by Crippen LogP contribution is -2.50. The zero-order chi connectivity index (χ0) is 18.5. The Balaban J connectivity index is 1.57. The predicted octanol–water partition coefficient (Wildman–Crippen LogP) is 3.31. The minimum atomic E-state index is -0.138. The molecule has 1 aliphatic rings. The number of aryl methyl sites for hydroxylation is 1. The highest BCUT2D eigenvalue weighted by Crippen LogP contribution is 2.21. The first-order valence-electron chi connectivity index (χ1n) is 8.77. The number of amides is 3. The van der Waals surface area contributed by atoms with Gasteiger partial charge in [-0.1, -0.05) is 24.3 Å². The summed E-state index contributed by atoms with van der Waals surface area (Å²) in [5, 5.41) is 5.63. The average Bonchev–Trinajstić information content (AvgIpc) is 2.62. The summed E-state index contributed by atoms with van der Waals surface area (Å²) in [5.41, 5.74) is 3.82. The van der Waals surface area contributed by atoms with Gasteiger partial charge in [-0.25, -0.2) is 4.79 Å². The third-order valence-electron chi connectivity index (χ3n) is 4.46. The van der Waals surface area contributed by atoms with Gasteiger partial charge in [0.2, 0.25) is 5.91 Å². The van der Waals surface area contributed by atoms with Crippen molar-refractivity contribution in [2.45, 2.75) is 13.8 Å². The van der Waals surface area contributed by atoms with Gasteiger partial charge in [-0.3, -0.25) is 4.79 Å². The fraction of sp³-hybridized carbons (Fsp3) is 0.300. The molecule has 136 valence electrons. The van der Waals surface area contributed by atoms with Crippen LogP contribution in [0.15, 0.2) is 48.5 Å². The molecule has 2 aromatic rings. The van der Waals surface area contributed by atoms with Crippen molar-refractivity contribution in [3.8, 4) is 0 Å². The van der Waals surface area contributed by atoms with Crippen molar-refractivity contribution in [1.82, 2.24) is 4.90 Å². The summed E-state index contributed by atoms with van der Waals surface area (Å²) in [6.07, 6.45) is 0. The maximum atomic E-state index is 12.5. The molecule has 0 aromatic heterocycles. The highest BCUT2D eigenvalue weighted by Gasteiger charge is 2.22. The van der Waals surface area contributed by atoms with Crippen molar-refractivity contribution < 1.29 is 9.59 Å². The topological polar surface area (TPSA) is 64.7 Å². The van der Waals surface area contributed by atoms with Crippen molar-refractivity contribution in [1.29, 1.82) is 0 Å². The summed E-state index contributed by atoms with van der Waals surface area (Å²) < 4.78 is 0. The van der Waals surface area contributed by atoms with Crippen molar-refractivity contribution in [2.75, 3.05) is 41.7 Å². The van der Waals surface area contributed by atoms with Crippen molar-refractivity contribution >= 4 is 29.0 Å². The Kier molecular flexibility index (Phi) is 5.41. The van der Waals surface area contributed by atoms with E-state index in [9.17, 15) is 9.59 Å². The predicted molar refractivity (Wildman–Crippen MR) is 105 cm³/mol. The second kappa shape index (κ2) is 7.91. The lowest BCUT2D eigenvalue weighted by atomic mass is 10.1. The Morgan fingerprint density at radius 3 is 2.19 bits per heavy atom. The zero-order valence-corrected chi connectivity index (χ0v) is 15.2. The fourth-order valence-electron chi connectivity index (χ4n) is 3.15. The van der Waals surface area contributed by atoms with Gasteiger partial charge >= 0.3 is 6.03 Å². The number of carbonyl (C=O) groups is 2. The molecule has 0 bridgehead atoms. The molecule has 26 heavy (non-hydrogen) atoms. The number of hydrogen-bond donors (Lipinski definition) is 2. The molecule has 6 nitrogen and oxygen atoms in total. The van der Waals surface area contributed by atoms with Crippen LogP contribution in [0.3, 0.4) is 0 Å². The zero-order valence-electron chi connectivity index (χ0n) is 15.2. The Labute approximate surface area is 153 Å². The number of nitrogens with one attached hydrogen (secondary N) is 2. The normalized spacial score (nSPS) is 14.1. The lowest BCUT2D eigenvalue weighted by molar-refractivity contribution is -0.114. The Bertz CT molecular complexity index is 798. The van der Waals surface area contributed by atoms with E-state index in [0.29, 0.717) is 24.5 Å². The van der Waals surface area contributed by atoms with E-state index >= 15 is 0 Å². The Morgan fingerprint density at radius 1 is 0.885 bits per heavy atom. The molecule has 0 aliphatic carbocycles. The fourth-order valence-corrected chi connectivity index (χ4v) is 3.15. The monoisotopic (exact) mass is 352 g/mol. The number of urea groups is 1. The molecule has 0 atom stereocenters. The molecule has 1 saturated heterocycles. The number of rotatable bonds is 3. The van der Waals surface area contributed by atoms with Gasteiger partial charge in [0, 0.05) is 50.2 Å². The lowest BCUT2D eigenvalue weighted by Gasteiger charge is -2.36. The summed E-state index contributed by atoms with van der Waals surface area (Å²) in [6.45, 7) is 6.53. The van der Waals surface area contributed by atoms with Gasteiger partial charge in [0.25, 0.3) is 0 Å². The van der Waals surface area contributed by atoms with Crippen LogP contribution in [0.5, 0.6) is 0 Å².